The third kappa shape index (κ3) is 2.97. The maximum atomic E-state index is 5.21. The number of nitrogens with zero attached hydrogens (tertiary/aromatic N) is 3. The largest absolute Gasteiger partial charge is 0.497 e. The van der Waals surface area contributed by atoms with Crippen LogP contribution in [0.1, 0.15) is 11.3 Å². The average molecular weight is 243 g/mol. The van der Waals surface area contributed by atoms with Crippen LogP contribution in [0, 0.1) is 6.92 Å². The minimum Gasteiger partial charge on any atom is -0.497 e. The molecule has 0 amide bonds. The van der Waals surface area contributed by atoms with E-state index in [1.807, 2.05) is 43.1 Å². The van der Waals surface area contributed by atoms with Crippen LogP contribution in [0.2, 0.25) is 0 Å². The number of anilines is 1. The second-order valence-corrected chi connectivity index (χ2v) is 4.21. The van der Waals surface area contributed by atoms with E-state index in [0.717, 1.165) is 23.9 Å². The van der Waals surface area contributed by atoms with E-state index in [1.165, 1.54) is 5.56 Å². The van der Waals surface area contributed by atoms with Crippen molar-refractivity contribution >= 4 is 5.95 Å². The minimum absolute atomic E-state index is 0.734. The van der Waals surface area contributed by atoms with Crippen LogP contribution in [0.3, 0.4) is 0 Å². The molecule has 0 spiro atoms. The van der Waals surface area contributed by atoms with Gasteiger partial charge < -0.3 is 9.64 Å². The third-order valence-electron chi connectivity index (χ3n) is 2.68. The molecule has 1 aromatic carbocycles. The Kier molecular flexibility index (Phi) is 3.77. The zero-order valence-corrected chi connectivity index (χ0v) is 10.9. The molecule has 2 rings (SSSR count). The lowest BCUT2D eigenvalue weighted by Gasteiger charge is -2.17. The van der Waals surface area contributed by atoms with Crippen molar-refractivity contribution in [3.8, 4) is 5.75 Å². The lowest BCUT2D eigenvalue weighted by molar-refractivity contribution is 0.414. The van der Waals surface area contributed by atoms with Crippen LogP contribution >= 0.6 is 0 Å². The maximum Gasteiger partial charge on any atom is 0.225 e. The monoisotopic (exact) mass is 243 g/mol. The van der Waals surface area contributed by atoms with Crippen molar-refractivity contribution < 1.29 is 4.74 Å². The van der Waals surface area contributed by atoms with E-state index in [9.17, 15) is 0 Å². The Bertz CT molecular complexity index is 528. The molecule has 0 unspecified atom stereocenters. The fourth-order valence-electron chi connectivity index (χ4n) is 1.73. The Hall–Kier alpha value is -2.10. The normalized spacial score (nSPS) is 10.2. The highest BCUT2D eigenvalue weighted by Crippen LogP contribution is 2.15. The first kappa shape index (κ1) is 12.4. The summed E-state index contributed by atoms with van der Waals surface area (Å²) in [6.45, 7) is 2.71. The van der Waals surface area contributed by atoms with Gasteiger partial charge in [0.05, 0.1) is 7.11 Å². The van der Waals surface area contributed by atoms with Crippen LogP contribution in [0.5, 0.6) is 5.75 Å². The molecule has 0 radical (unpaired) electrons. The second-order valence-electron chi connectivity index (χ2n) is 4.21. The summed E-state index contributed by atoms with van der Waals surface area (Å²) in [6, 6.07) is 9.90. The fourth-order valence-corrected chi connectivity index (χ4v) is 1.73. The Balaban J connectivity index is 2.13. The Labute approximate surface area is 107 Å². The highest BCUT2D eigenvalue weighted by Gasteiger charge is 2.05. The summed E-state index contributed by atoms with van der Waals surface area (Å²) in [5, 5.41) is 0. The number of hydrogen-bond donors (Lipinski definition) is 0. The Morgan fingerprint density at radius 1 is 1.28 bits per heavy atom. The molecular weight excluding hydrogens is 226 g/mol. The summed E-state index contributed by atoms with van der Waals surface area (Å²) in [5.41, 5.74) is 2.14. The molecule has 0 fully saturated rings. The van der Waals surface area contributed by atoms with Gasteiger partial charge in [0.2, 0.25) is 5.95 Å². The van der Waals surface area contributed by atoms with Crippen LogP contribution in [0.4, 0.5) is 5.95 Å². The fraction of sp³-hybridized carbons (Fsp3) is 0.286. The van der Waals surface area contributed by atoms with Gasteiger partial charge in [-0.2, -0.15) is 0 Å². The van der Waals surface area contributed by atoms with E-state index >= 15 is 0 Å². The van der Waals surface area contributed by atoms with Crippen molar-refractivity contribution in [3.63, 3.8) is 0 Å². The number of methoxy groups -OCH3 is 1. The maximum absolute atomic E-state index is 5.21. The summed E-state index contributed by atoms with van der Waals surface area (Å²) in [6.07, 6.45) is 1.78. The minimum atomic E-state index is 0.734. The van der Waals surface area contributed by atoms with Crippen molar-refractivity contribution in [1.29, 1.82) is 0 Å². The van der Waals surface area contributed by atoms with Gasteiger partial charge in [-0.1, -0.05) is 12.1 Å². The van der Waals surface area contributed by atoms with Crippen molar-refractivity contribution in [1.82, 2.24) is 9.97 Å². The first-order valence-electron chi connectivity index (χ1n) is 5.83. The molecule has 94 valence electrons. The third-order valence-corrected chi connectivity index (χ3v) is 2.68. The summed E-state index contributed by atoms with van der Waals surface area (Å²) in [4.78, 5) is 10.7. The van der Waals surface area contributed by atoms with E-state index in [-0.39, 0.29) is 0 Å². The van der Waals surface area contributed by atoms with Gasteiger partial charge in [0, 0.05) is 25.5 Å². The van der Waals surface area contributed by atoms with E-state index in [2.05, 4.69) is 16.0 Å². The molecule has 4 nitrogen and oxygen atoms in total. The molecule has 0 aliphatic carbocycles. The van der Waals surface area contributed by atoms with Gasteiger partial charge in [0.15, 0.2) is 0 Å². The van der Waals surface area contributed by atoms with Gasteiger partial charge in [0.25, 0.3) is 0 Å². The second kappa shape index (κ2) is 5.49. The summed E-state index contributed by atoms with van der Waals surface area (Å²) < 4.78 is 5.21. The number of rotatable bonds is 4. The van der Waals surface area contributed by atoms with Gasteiger partial charge in [-0.3, -0.25) is 0 Å². The van der Waals surface area contributed by atoms with E-state index in [1.54, 1.807) is 13.3 Å². The van der Waals surface area contributed by atoms with Gasteiger partial charge in [0.1, 0.15) is 5.75 Å². The molecule has 1 heterocycles. The molecule has 0 bridgehead atoms. The lowest BCUT2D eigenvalue weighted by Crippen LogP contribution is -2.19. The lowest BCUT2D eigenvalue weighted by atomic mass is 10.2. The van der Waals surface area contributed by atoms with E-state index in [0.29, 0.717) is 0 Å². The number of ether oxygens (including phenoxy) is 1. The van der Waals surface area contributed by atoms with Crippen LogP contribution in [0.25, 0.3) is 0 Å². The number of benzene rings is 1. The molecule has 4 heteroatoms. The predicted molar refractivity (Wildman–Crippen MR) is 71.9 cm³/mol. The molecule has 0 saturated carbocycles. The molecule has 0 N–H and O–H groups in total. The molecule has 0 aliphatic heterocycles. The van der Waals surface area contributed by atoms with E-state index in [4.69, 9.17) is 4.74 Å². The number of hydrogen-bond acceptors (Lipinski definition) is 4. The standard InChI is InChI=1S/C14H17N3O/c1-11-7-8-15-14(16-11)17(2)10-12-5-4-6-13(9-12)18-3/h4-9H,10H2,1-3H3. The van der Waals surface area contributed by atoms with Crippen molar-refractivity contribution in [2.45, 2.75) is 13.5 Å². The van der Waals surface area contributed by atoms with E-state index < -0.39 is 0 Å². The smallest absolute Gasteiger partial charge is 0.225 e. The molecule has 0 saturated heterocycles. The number of aryl methyl sites for hydroxylation is 1. The SMILES string of the molecule is COc1cccc(CN(C)c2nccc(C)n2)c1. The molecule has 18 heavy (non-hydrogen) atoms. The zero-order chi connectivity index (χ0) is 13.0. The molecule has 0 aliphatic rings. The van der Waals surface area contributed by atoms with Crippen LogP contribution < -0.4 is 9.64 Å². The van der Waals surface area contributed by atoms with Gasteiger partial charge in [-0.15, -0.1) is 0 Å². The highest BCUT2D eigenvalue weighted by atomic mass is 16.5. The van der Waals surface area contributed by atoms with Crippen molar-refractivity contribution in [3.05, 3.63) is 47.8 Å². The zero-order valence-electron chi connectivity index (χ0n) is 10.9. The highest BCUT2D eigenvalue weighted by molar-refractivity contribution is 5.34. The topological polar surface area (TPSA) is 38.2 Å². The molecule has 1 aromatic heterocycles. The van der Waals surface area contributed by atoms with Crippen molar-refractivity contribution in [2.24, 2.45) is 0 Å². The molecule has 0 atom stereocenters. The first-order chi connectivity index (χ1) is 8.69. The van der Waals surface area contributed by atoms with Gasteiger partial charge in [-0.05, 0) is 30.7 Å². The number of aromatic nitrogens is 2. The Morgan fingerprint density at radius 2 is 2.11 bits per heavy atom. The Morgan fingerprint density at radius 3 is 2.83 bits per heavy atom. The average Bonchev–Trinajstić information content (AvgIpc) is 2.39. The van der Waals surface area contributed by atoms with Gasteiger partial charge >= 0.3 is 0 Å². The predicted octanol–water partition coefficient (Wildman–Crippen LogP) is 2.43. The van der Waals surface area contributed by atoms with Crippen LogP contribution in [-0.4, -0.2) is 24.1 Å². The quantitative estimate of drug-likeness (QED) is 0.826. The van der Waals surface area contributed by atoms with Crippen LogP contribution in [0.15, 0.2) is 36.5 Å². The summed E-state index contributed by atoms with van der Waals surface area (Å²) >= 11 is 0. The van der Waals surface area contributed by atoms with Gasteiger partial charge in [-0.25, -0.2) is 9.97 Å². The first-order valence-corrected chi connectivity index (χ1v) is 5.83. The summed E-state index contributed by atoms with van der Waals surface area (Å²) in [5.74, 6) is 1.60. The summed E-state index contributed by atoms with van der Waals surface area (Å²) in [7, 11) is 3.65. The van der Waals surface area contributed by atoms with Crippen LogP contribution in [-0.2, 0) is 6.54 Å². The van der Waals surface area contributed by atoms with Crippen molar-refractivity contribution in [2.75, 3.05) is 19.1 Å². The molecule has 2 aromatic rings. The molecular formula is C14H17N3O.